The summed E-state index contributed by atoms with van der Waals surface area (Å²) in [5.41, 5.74) is 1.45. The van der Waals surface area contributed by atoms with Crippen molar-refractivity contribution in [2.45, 2.75) is 24.3 Å². The highest BCUT2D eigenvalue weighted by Crippen LogP contribution is 2.39. The van der Waals surface area contributed by atoms with Crippen molar-refractivity contribution in [1.29, 1.82) is 0 Å². The third-order valence-corrected chi connectivity index (χ3v) is 8.18. The average molecular weight is 437 g/mol. The van der Waals surface area contributed by atoms with Crippen LogP contribution < -0.4 is 0 Å². The molecule has 5 nitrogen and oxygen atoms in total. The Balaban J connectivity index is 1.56. The fourth-order valence-electron chi connectivity index (χ4n) is 3.53. The molecular formula is C20H18F2N2O3S2. The summed E-state index contributed by atoms with van der Waals surface area (Å²) in [6.07, 6.45) is 0.0301. The minimum absolute atomic E-state index is 0.0109. The zero-order chi connectivity index (χ0) is 20.6. The summed E-state index contributed by atoms with van der Waals surface area (Å²) in [4.78, 5) is 18.5. The monoisotopic (exact) mass is 436 g/mol. The number of hydrogen-bond donors (Lipinski definition) is 0. The second-order valence-electron chi connectivity index (χ2n) is 7.15. The molecule has 2 aliphatic rings. The lowest BCUT2D eigenvalue weighted by Gasteiger charge is -2.24. The van der Waals surface area contributed by atoms with Crippen LogP contribution in [-0.2, 0) is 27.6 Å². The molecule has 2 atom stereocenters. The zero-order valence-corrected chi connectivity index (χ0v) is 16.9. The van der Waals surface area contributed by atoms with E-state index in [4.69, 9.17) is 0 Å². The number of benzene rings is 2. The number of rotatable bonds is 4. The molecule has 0 bridgehead atoms. The molecule has 0 spiro atoms. The summed E-state index contributed by atoms with van der Waals surface area (Å²) in [6, 6.07) is 11.3. The van der Waals surface area contributed by atoms with Gasteiger partial charge < -0.3 is 4.90 Å². The van der Waals surface area contributed by atoms with E-state index in [1.54, 1.807) is 12.1 Å². The van der Waals surface area contributed by atoms with Gasteiger partial charge in [-0.15, -0.1) is 0 Å². The zero-order valence-electron chi connectivity index (χ0n) is 15.3. The molecule has 0 saturated carbocycles. The average Bonchev–Trinajstić information content (AvgIpc) is 3.11. The van der Waals surface area contributed by atoms with Gasteiger partial charge in [0.2, 0.25) is 0 Å². The highest BCUT2D eigenvalue weighted by molar-refractivity contribution is 8.15. The number of carbonyl (C=O) groups excluding carboxylic acids is 1. The first kappa shape index (κ1) is 20.0. The molecule has 29 heavy (non-hydrogen) atoms. The van der Waals surface area contributed by atoms with Gasteiger partial charge in [0.15, 0.2) is 15.0 Å². The molecule has 2 aromatic rings. The number of halogens is 2. The van der Waals surface area contributed by atoms with Crippen LogP contribution in [0.25, 0.3) is 0 Å². The first-order valence-electron chi connectivity index (χ1n) is 9.03. The first-order chi connectivity index (χ1) is 13.8. The maximum Gasteiger partial charge on any atom is 0.252 e. The van der Waals surface area contributed by atoms with Crippen molar-refractivity contribution in [3.63, 3.8) is 0 Å². The number of fused-ring (bicyclic) bond motifs is 1. The lowest BCUT2D eigenvalue weighted by Crippen LogP contribution is -2.37. The van der Waals surface area contributed by atoms with E-state index in [-0.39, 0.29) is 46.8 Å². The minimum atomic E-state index is -3.14. The van der Waals surface area contributed by atoms with Crippen LogP contribution in [0.3, 0.4) is 0 Å². The van der Waals surface area contributed by atoms with Gasteiger partial charge in [0.05, 0.1) is 24.0 Å². The Bertz CT molecular complexity index is 1050. The largest absolute Gasteiger partial charge is 0.342 e. The Labute approximate surface area is 171 Å². The molecule has 9 heteroatoms. The number of sulfone groups is 1. The maximum atomic E-state index is 13.2. The summed E-state index contributed by atoms with van der Waals surface area (Å²) < 4.78 is 50.4. The Kier molecular flexibility index (Phi) is 5.44. The molecule has 0 aromatic heterocycles. The Morgan fingerprint density at radius 2 is 1.59 bits per heavy atom. The standard InChI is InChI=1S/C20H18F2N2O3S2/c21-15-5-1-13(2-6-15)9-19(25)23-20-24(10-14-3-7-16(22)8-4-14)17-11-29(26,27)12-18(17)28-20/h1-8,17-18H,9-12H2/t17-,18+/m0/s1. The highest BCUT2D eigenvalue weighted by Gasteiger charge is 2.48. The lowest BCUT2D eigenvalue weighted by molar-refractivity contribution is -0.117. The highest BCUT2D eigenvalue weighted by atomic mass is 32.2. The second-order valence-corrected chi connectivity index (χ2v) is 10.5. The molecule has 2 aliphatic heterocycles. The molecule has 0 unspecified atom stereocenters. The SMILES string of the molecule is O=C(Cc1ccc(F)cc1)N=C1S[C@@H]2CS(=O)(=O)C[C@@H]2N1Cc1ccc(F)cc1. The lowest BCUT2D eigenvalue weighted by atomic mass is 10.1. The van der Waals surface area contributed by atoms with Gasteiger partial charge in [0.25, 0.3) is 5.91 Å². The molecule has 0 N–H and O–H groups in total. The molecule has 2 aromatic carbocycles. The third-order valence-electron chi connectivity index (χ3n) is 4.93. The van der Waals surface area contributed by atoms with Crippen LogP contribution >= 0.6 is 11.8 Å². The van der Waals surface area contributed by atoms with E-state index in [1.807, 2.05) is 4.90 Å². The van der Waals surface area contributed by atoms with E-state index < -0.39 is 9.84 Å². The van der Waals surface area contributed by atoms with Gasteiger partial charge in [0, 0.05) is 11.8 Å². The second kappa shape index (κ2) is 7.87. The summed E-state index contributed by atoms with van der Waals surface area (Å²) in [5, 5.41) is 0.296. The third kappa shape index (κ3) is 4.67. The van der Waals surface area contributed by atoms with Crippen LogP contribution in [0.4, 0.5) is 8.78 Å². The van der Waals surface area contributed by atoms with Crippen LogP contribution in [0, 0.1) is 11.6 Å². The molecule has 0 radical (unpaired) electrons. The molecule has 2 fully saturated rings. The van der Waals surface area contributed by atoms with E-state index in [2.05, 4.69) is 4.99 Å². The van der Waals surface area contributed by atoms with Crippen molar-refractivity contribution in [1.82, 2.24) is 4.90 Å². The summed E-state index contributed by atoms with van der Waals surface area (Å²) >= 11 is 1.30. The maximum absolute atomic E-state index is 13.2. The molecule has 1 amide bonds. The Hall–Kier alpha value is -2.26. The fraction of sp³-hybridized carbons (Fsp3) is 0.300. The van der Waals surface area contributed by atoms with Crippen LogP contribution in [0.2, 0.25) is 0 Å². The van der Waals surface area contributed by atoms with Crippen molar-refractivity contribution < 1.29 is 22.0 Å². The topological polar surface area (TPSA) is 66.8 Å². The van der Waals surface area contributed by atoms with Crippen LogP contribution in [0.15, 0.2) is 53.5 Å². The van der Waals surface area contributed by atoms with E-state index in [0.717, 1.165) is 5.56 Å². The fourth-order valence-corrected chi connectivity index (χ4v) is 7.50. The van der Waals surface area contributed by atoms with Crippen LogP contribution in [0.5, 0.6) is 0 Å². The van der Waals surface area contributed by atoms with E-state index in [1.165, 1.54) is 48.2 Å². The van der Waals surface area contributed by atoms with Crippen LogP contribution in [-0.4, -0.2) is 47.2 Å². The van der Waals surface area contributed by atoms with Gasteiger partial charge in [-0.05, 0) is 35.4 Å². The smallest absolute Gasteiger partial charge is 0.252 e. The number of carbonyl (C=O) groups is 1. The normalized spacial score (nSPS) is 24.1. The quantitative estimate of drug-likeness (QED) is 0.738. The van der Waals surface area contributed by atoms with E-state index >= 15 is 0 Å². The number of amidine groups is 1. The van der Waals surface area contributed by atoms with Gasteiger partial charge in [-0.2, -0.15) is 4.99 Å². The molecule has 2 saturated heterocycles. The van der Waals surface area contributed by atoms with E-state index in [0.29, 0.717) is 17.3 Å². The summed E-state index contributed by atoms with van der Waals surface area (Å²) in [7, 11) is -3.14. The summed E-state index contributed by atoms with van der Waals surface area (Å²) in [5.74, 6) is -1.05. The predicted molar refractivity (Wildman–Crippen MR) is 108 cm³/mol. The molecule has 4 rings (SSSR count). The number of amides is 1. The number of hydrogen-bond acceptors (Lipinski definition) is 4. The van der Waals surface area contributed by atoms with Crippen molar-refractivity contribution in [3.8, 4) is 0 Å². The number of nitrogens with zero attached hydrogens (tertiary/aromatic N) is 2. The van der Waals surface area contributed by atoms with Crippen molar-refractivity contribution in [2.24, 2.45) is 4.99 Å². The van der Waals surface area contributed by atoms with Crippen molar-refractivity contribution in [2.75, 3.05) is 11.5 Å². The van der Waals surface area contributed by atoms with Crippen LogP contribution in [0.1, 0.15) is 11.1 Å². The molecule has 2 heterocycles. The first-order valence-corrected chi connectivity index (χ1v) is 11.7. The minimum Gasteiger partial charge on any atom is -0.342 e. The van der Waals surface area contributed by atoms with Crippen molar-refractivity contribution >= 4 is 32.7 Å². The molecule has 0 aliphatic carbocycles. The van der Waals surface area contributed by atoms with Gasteiger partial charge >= 0.3 is 0 Å². The van der Waals surface area contributed by atoms with Gasteiger partial charge in [0.1, 0.15) is 11.6 Å². The van der Waals surface area contributed by atoms with Crippen molar-refractivity contribution in [3.05, 3.63) is 71.3 Å². The summed E-state index contributed by atoms with van der Waals surface area (Å²) in [6.45, 7) is 0.340. The van der Waals surface area contributed by atoms with Gasteiger partial charge in [-0.1, -0.05) is 36.0 Å². The van der Waals surface area contributed by atoms with E-state index in [9.17, 15) is 22.0 Å². The Morgan fingerprint density at radius 1 is 1.00 bits per heavy atom. The molecular weight excluding hydrogens is 418 g/mol. The number of aliphatic imine (C=N–C) groups is 1. The van der Waals surface area contributed by atoms with Gasteiger partial charge in [-0.3, -0.25) is 4.79 Å². The number of thioether (sulfide) groups is 1. The Morgan fingerprint density at radius 3 is 2.21 bits per heavy atom. The molecule has 152 valence electrons. The predicted octanol–water partition coefficient (Wildman–Crippen LogP) is 2.80. The van der Waals surface area contributed by atoms with Gasteiger partial charge in [-0.25, -0.2) is 17.2 Å².